The maximum atomic E-state index is 12.8. The number of aromatic nitrogens is 4. The summed E-state index contributed by atoms with van der Waals surface area (Å²) in [6.07, 6.45) is 2.71. The van der Waals surface area contributed by atoms with E-state index in [4.69, 9.17) is 27.3 Å². The van der Waals surface area contributed by atoms with Crippen molar-refractivity contribution < 1.29 is 19.1 Å². The standard InChI is InChI=1S/C40H50N6O4S/c1-9-21-44(37(47)49-39(3,4)5)25-35-42-32-20-19-31(23-33(32)43-35)29-13-11-27(12-14-29)28-15-17-30(18-16-28)34-24-41-36(46(34)51)26-45(22-10-2)38(48)50-40(6,7)8/h11-20,23-24,51H,9-10,21-22,25-26H2,1-8H3,(H,42,43). The van der Waals surface area contributed by atoms with Crippen LogP contribution in [0.5, 0.6) is 0 Å². The first kappa shape index (κ1) is 37.5. The zero-order chi connectivity index (χ0) is 36.9. The van der Waals surface area contributed by atoms with Gasteiger partial charge in [-0.15, -0.1) is 0 Å². The molecule has 0 fully saturated rings. The number of hydrogen-bond donors (Lipinski definition) is 2. The first-order valence-electron chi connectivity index (χ1n) is 17.6. The van der Waals surface area contributed by atoms with Crippen LogP contribution in [0.2, 0.25) is 0 Å². The number of fused-ring (bicyclic) bond motifs is 1. The number of carbonyl (C=O) groups excluding carboxylic acids is 2. The van der Waals surface area contributed by atoms with Crippen LogP contribution in [0, 0.1) is 0 Å². The number of carbonyl (C=O) groups is 2. The Morgan fingerprint density at radius 3 is 1.71 bits per heavy atom. The summed E-state index contributed by atoms with van der Waals surface area (Å²) in [7, 11) is 0. The van der Waals surface area contributed by atoms with E-state index in [1.807, 2.05) is 61.5 Å². The molecule has 2 aromatic heterocycles. The number of amides is 2. The maximum Gasteiger partial charge on any atom is 0.410 e. The average Bonchev–Trinajstić information content (AvgIpc) is 3.64. The molecule has 0 aliphatic carbocycles. The third kappa shape index (κ3) is 9.72. The number of hydrogen-bond acceptors (Lipinski definition) is 7. The Hall–Kier alpha value is -4.77. The Morgan fingerprint density at radius 2 is 1.20 bits per heavy atom. The second-order valence-corrected chi connectivity index (χ2v) is 15.1. The predicted octanol–water partition coefficient (Wildman–Crippen LogP) is 9.75. The summed E-state index contributed by atoms with van der Waals surface area (Å²) in [5.74, 6) is 1.38. The minimum atomic E-state index is -0.574. The summed E-state index contributed by atoms with van der Waals surface area (Å²) >= 11 is 4.73. The second-order valence-electron chi connectivity index (χ2n) is 14.7. The van der Waals surface area contributed by atoms with E-state index < -0.39 is 11.2 Å². The SMILES string of the molecule is CCCN(Cc1nc2ccc(-c3ccc(-c4ccc(-c5cnc(CN(CCC)C(=O)OC(C)(C)C)n5S)cc4)cc3)cc2[nH]1)C(=O)OC(C)(C)C. The number of rotatable bonds is 11. The fourth-order valence-electron chi connectivity index (χ4n) is 5.71. The average molecular weight is 711 g/mol. The summed E-state index contributed by atoms with van der Waals surface area (Å²) in [4.78, 5) is 41.6. The van der Waals surface area contributed by atoms with Gasteiger partial charge in [0.2, 0.25) is 0 Å². The zero-order valence-electron chi connectivity index (χ0n) is 31.0. The lowest BCUT2D eigenvalue weighted by Crippen LogP contribution is -2.37. The first-order valence-corrected chi connectivity index (χ1v) is 18.0. The third-order valence-corrected chi connectivity index (χ3v) is 8.48. The van der Waals surface area contributed by atoms with Gasteiger partial charge in [0.1, 0.15) is 22.9 Å². The monoisotopic (exact) mass is 710 g/mol. The van der Waals surface area contributed by atoms with Crippen molar-refractivity contribution >= 4 is 36.0 Å². The molecule has 0 saturated carbocycles. The normalized spacial score (nSPS) is 11.9. The van der Waals surface area contributed by atoms with Crippen LogP contribution >= 0.6 is 12.8 Å². The van der Waals surface area contributed by atoms with E-state index in [1.165, 1.54) is 0 Å². The van der Waals surface area contributed by atoms with Crippen molar-refractivity contribution in [3.8, 4) is 33.5 Å². The van der Waals surface area contributed by atoms with E-state index in [1.54, 1.807) is 20.0 Å². The van der Waals surface area contributed by atoms with Gasteiger partial charge in [0.05, 0.1) is 36.0 Å². The number of H-pyrrole nitrogens is 1. The summed E-state index contributed by atoms with van der Waals surface area (Å²) in [6.45, 7) is 17.1. The summed E-state index contributed by atoms with van der Waals surface area (Å²) in [6, 6.07) is 22.9. The fourth-order valence-corrected chi connectivity index (χ4v) is 5.99. The highest BCUT2D eigenvalue weighted by Gasteiger charge is 2.25. The Balaban J connectivity index is 1.27. The molecule has 11 heteroatoms. The highest BCUT2D eigenvalue weighted by molar-refractivity contribution is 7.78. The van der Waals surface area contributed by atoms with Gasteiger partial charge in [-0.2, -0.15) is 0 Å². The van der Waals surface area contributed by atoms with Crippen molar-refractivity contribution in [2.75, 3.05) is 13.1 Å². The molecule has 5 aromatic rings. The van der Waals surface area contributed by atoms with Crippen LogP contribution in [0.15, 0.2) is 72.9 Å². The number of nitrogens with zero attached hydrogens (tertiary/aromatic N) is 5. The Morgan fingerprint density at radius 1 is 0.725 bits per heavy atom. The lowest BCUT2D eigenvalue weighted by molar-refractivity contribution is 0.0219. The van der Waals surface area contributed by atoms with Crippen molar-refractivity contribution in [2.24, 2.45) is 0 Å². The van der Waals surface area contributed by atoms with Crippen LogP contribution in [-0.4, -0.2) is 65.2 Å². The van der Waals surface area contributed by atoms with Gasteiger partial charge in [0.25, 0.3) is 0 Å². The molecule has 0 saturated heterocycles. The molecule has 2 heterocycles. The van der Waals surface area contributed by atoms with Gasteiger partial charge in [-0.1, -0.05) is 81.3 Å². The molecule has 0 aliphatic rings. The molecule has 0 aliphatic heterocycles. The van der Waals surface area contributed by atoms with E-state index in [0.717, 1.165) is 63.2 Å². The van der Waals surface area contributed by atoms with E-state index in [-0.39, 0.29) is 12.2 Å². The van der Waals surface area contributed by atoms with Crippen LogP contribution in [0.3, 0.4) is 0 Å². The molecule has 51 heavy (non-hydrogen) atoms. The molecule has 0 spiro atoms. The highest BCUT2D eigenvalue weighted by atomic mass is 32.1. The summed E-state index contributed by atoms with van der Waals surface area (Å²) in [5.41, 5.74) is 6.79. The van der Waals surface area contributed by atoms with Gasteiger partial charge in [0, 0.05) is 18.7 Å². The molecular weight excluding hydrogens is 661 g/mol. The number of imidazole rings is 2. The molecule has 10 nitrogen and oxygen atoms in total. The van der Waals surface area contributed by atoms with Crippen molar-refractivity contribution in [2.45, 2.75) is 92.5 Å². The third-order valence-electron chi connectivity index (χ3n) is 8.04. The molecule has 0 bridgehead atoms. The van der Waals surface area contributed by atoms with Gasteiger partial charge in [-0.05, 0) is 88.8 Å². The summed E-state index contributed by atoms with van der Waals surface area (Å²) in [5, 5.41) is 0. The van der Waals surface area contributed by atoms with Crippen LogP contribution < -0.4 is 0 Å². The zero-order valence-corrected chi connectivity index (χ0v) is 31.9. The largest absolute Gasteiger partial charge is 0.444 e. The van der Waals surface area contributed by atoms with Crippen LogP contribution in [-0.2, 0) is 22.6 Å². The topological polar surface area (TPSA) is 106 Å². The lowest BCUT2D eigenvalue weighted by atomic mass is 9.99. The quantitative estimate of drug-likeness (QED) is 0.132. The number of aromatic amines is 1. The Labute approximate surface area is 306 Å². The number of benzene rings is 3. The second kappa shape index (κ2) is 15.6. The van der Waals surface area contributed by atoms with E-state index >= 15 is 0 Å². The molecule has 0 atom stereocenters. The van der Waals surface area contributed by atoms with Crippen LogP contribution in [0.4, 0.5) is 9.59 Å². The van der Waals surface area contributed by atoms with Gasteiger partial charge in [0.15, 0.2) is 0 Å². The maximum absolute atomic E-state index is 12.8. The van der Waals surface area contributed by atoms with Gasteiger partial charge < -0.3 is 24.3 Å². The molecular formula is C40H50N6O4S. The highest BCUT2D eigenvalue weighted by Crippen LogP contribution is 2.30. The smallest absolute Gasteiger partial charge is 0.410 e. The number of nitrogens with one attached hydrogen (secondary N) is 1. The fraction of sp³-hybridized carbons (Fsp3) is 0.400. The molecule has 0 unspecified atom stereocenters. The van der Waals surface area contributed by atoms with Crippen molar-refractivity contribution in [1.82, 2.24) is 28.7 Å². The van der Waals surface area contributed by atoms with Crippen LogP contribution in [0.1, 0.15) is 79.9 Å². The van der Waals surface area contributed by atoms with Gasteiger partial charge >= 0.3 is 12.2 Å². The van der Waals surface area contributed by atoms with Crippen molar-refractivity contribution in [3.05, 3.63) is 84.6 Å². The lowest BCUT2D eigenvalue weighted by Gasteiger charge is -2.27. The Bertz CT molecular complexity index is 1950. The molecule has 5 rings (SSSR count). The van der Waals surface area contributed by atoms with Gasteiger partial charge in [-0.3, -0.25) is 3.97 Å². The molecule has 3 aromatic carbocycles. The van der Waals surface area contributed by atoms with E-state index in [2.05, 4.69) is 70.6 Å². The van der Waals surface area contributed by atoms with E-state index in [9.17, 15) is 9.59 Å². The number of thiol groups is 1. The van der Waals surface area contributed by atoms with Gasteiger partial charge in [-0.25, -0.2) is 19.6 Å². The van der Waals surface area contributed by atoms with Crippen molar-refractivity contribution in [1.29, 1.82) is 0 Å². The molecule has 270 valence electrons. The number of ether oxygens (including phenoxy) is 2. The molecule has 1 N–H and O–H groups in total. The van der Waals surface area contributed by atoms with Crippen LogP contribution in [0.25, 0.3) is 44.5 Å². The van der Waals surface area contributed by atoms with E-state index in [0.29, 0.717) is 32.0 Å². The Kier molecular flexibility index (Phi) is 11.5. The minimum absolute atomic E-state index is 0.302. The molecule has 0 radical (unpaired) electrons. The molecule has 2 amide bonds. The predicted molar refractivity (Wildman–Crippen MR) is 206 cm³/mol. The first-order chi connectivity index (χ1) is 24.1. The summed E-state index contributed by atoms with van der Waals surface area (Å²) < 4.78 is 12.9. The van der Waals surface area contributed by atoms with Crippen molar-refractivity contribution in [3.63, 3.8) is 0 Å². The minimum Gasteiger partial charge on any atom is -0.444 e.